The SMILES string of the molecule is CCCc1ccc(C2CCC(C(F)(F)OC3CCC(C=O)CC3)OC2)c(F)c1C(F)(F)F. The maximum atomic E-state index is 14.9. The molecule has 2 atom stereocenters. The predicted molar refractivity (Wildman–Crippen MR) is 105 cm³/mol. The molecule has 32 heavy (non-hydrogen) atoms. The molecule has 3 nitrogen and oxygen atoms in total. The number of aldehydes is 1. The van der Waals surface area contributed by atoms with Crippen LogP contribution in [0.25, 0.3) is 0 Å². The summed E-state index contributed by atoms with van der Waals surface area (Å²) < 4.78 is 94.7. The predicted octanol–water partition coefficient (Wildman–Crippen LogP) is 6.43. The molecule has 1 saturated heterocycles. The first-order chi connectivity index (χ1) is 15.1. The van der Waals surface area contributed by atoms with Gasteiger partial charge in [-0.25, -0.2) is 4.39 Å². The third-order valence-electron chi connectivity index (χ3n) is 6.39. The quantitative estimate of drug-likeness (QED) is 0.343. The molecule has 2 unspecified atom stereocenters. The van der Waals surface area contributed by atoms with Gasteiger partial charge in [-0.05, 0) is 56.1 Å². The van der Waals surface area contributed by atoms with E-state index in [9.17, 15) is 31.1 Å². The first-order valence-electron chi connectivity index (χ1n) is 11.1. The van der Waals surface area contributed by atoms with Gasteiger partial charge in [0.1, 0.15) is 18.2 Å². The standard InChI is InChI=1S/C23H28F6O3/c1-2-3-15-6-10-18(21(24)20(15)22(25,26)27)16-7-11-19(31-13-16)23(28,29)32-17-8-4-14(12-30)5-9-17/h6,10,12,14,16-17,19H,2-5,7-9,11,13H2,1H3. The van der Waals surface area contributed by atoms with Crippen LogP contribution in [0.4, 0.5) is 26.3 Å². The van der Waals surface area contributed by atoms with Gasteiger partial charge in [-0.3, -0.25) is 0 Å². The third-order valence-corrected chi connectivity index (χ3v) is 6.39. The zero-order valence-corrected chi connectivity index (χ0v) is 17.9. The fourth-order valence-electron chi connectivity index (χ4n) is 4.63. The molecule has 0 aromatic heterocycles. The number of alkyl halides is 5. The van der Waals surface area contributed by atoms with E-state index < -0.39 is 41.8 Å². The van der Waals surface area contributed by atoms with Crippen LogP contribution in [0.3, 0.4) is 0 Å². The summed E-state index contributed by atoms with van der Waals surface area (Å²) >= 11 is 0. The topological polar surface area (TPSA) is 35.5 Å². The number of ether oxygens (including phenoxy) is 2. The van der Waals surface area contributed by atoms with Gasteiger partial charge in [-0.15, -0.1) is 0 Å². The van der Waals surface area contributed by atoms with Crippen molar-refractivity contribution in [3.63, 3.8) is 0 Å². The number of benzene rings is 1. The van der Waals surface area contributed by atoms with Gasteiger partial charge in [0.15, 0.2) is 0 Å². The van der Waals surface area contributed by atoms with E-state index in [0.29, 0.717) is 32.1 Å². The van der Waals surface area contributed by atoms with Crippen molar-refractivity contribution in [3.8, 4) is 0 Å². The number of aryl methyl sites for hydroxylation is 1. The highest BCUT2D eigenvalue weighted by molar-refractivity contribution is 5.53. The molecule has 2 fully saturated rings. The number of halogens is 6. The second-order valence-electron chi connectivity index (χ2n) is 8.70. The highest BCUT2D eigenvalue weighted by Crippen LogP contribution is 2.42. The molecule has 1 heterocycles. The molecule has 0 spiro atoms. The Kier molecular flexibility index (Phi) is 7.91. The van der Waals surface area contributed by atoms with Crippen molar-refractivity contribution in [2.45, 2.75) is 88.7 Å². The van der Waals surface area contributed by atoms with Gasteiger partial charge in [0, 0.05) is 11.8 Å². The molecule has 1 aromatic rings. The Hall–Kier alpha value is -1.61. The Morgan fingerprint density at radius 3 is 2.28 bits per heavy atom. The van der Waals surface area contributed by atoms with E-state index >= 15 is 0 Å². The lowest BCUT2D eigenvalue weighted by atomic mass is 9.87. The van der Waals surface area contributed by atoms with Crippen molar-refractivity contribution < 1.29 is 40.6 Å². The summed E-state index contributed by atoms with van der Waals surface area (Å²) in [5, 5.41) is 0. The number of hydrogen-bond acceptors (Lipinski definition) is 3. The maximum absolute atomic E-state index is 14.9. The van der Waals surface area contributed by atoms with Crippen molar-refractivity contribution in [2.24, 2.45) is 5.92 Å². The Morgan fingerprint density at radius 1 is 1.06 bits per heavy atom. The van der Waals surface area contributed by atoms with Crippen LogP contribution in [-0.4, -0.2) is 31.2 Å². The van der Waals surface area contributed by atoms with Crippen LogP contribution in [0.2, 0.25) is 0 Å². The van der Waals surface area contributed by atoms with Gasteiger partial charge >= 0.3 is 12.3 Å². The van der Waals surface area contributed by atoms with E-state index in [2.05, 4.69) is 0 Å². The summed E-state index contributed by atoms with van der Waals surface area (Å²) in [6, 6.07) is 2.58. The monoisotopic (exact) mass is 466 g/mol. The van der Waals surface area contributed by atoms with E-state index in [1.54, 1.807) is 6.92 Å². The molecule has 1 aliphatic carbocycles. The van der Waals surface area contributed by atoms with Crippen LogP contribution < -0.4 is 0 Å². The van der Waals surface area contributed by atoms with Crippen LogP contribution in [0.1, 0.15) is 74.5 Å². The minimum absolute atomic E-state index is 0.0584. The molecule has 0 bridgehead atoms. The second-order valence-corrected chi connectivity index (χ2v) is 8.70. The maximum Gasteiger partial charge on any atom is 0.419 e. The molecule has 1 aromatic carbocycles. The molecule has 9 heteroatoms. The third kappa shape index (κ3) is 5.65. The van der Waals surface area contributed by atoms with Crippen LogP contribution >= 0.6 is 0 Å². The first kappa shape index (κ1) is 25.0. The minimum atomic E-state index is -4.84. The summed E-state index contributed by atoms with van der Waals surface area (Å²) in [6.45, 7) is 1.39. The Bertz CT molecular complexity index is 779. The lowest BCUT2D eigenvalue weighted by Gasteiger charge is -2.36. The number of carbonyl (C=O) groups is 1. The molecular weight excluding hydrogens is 438 g/mol. The lowest BCUT2D eigenvalue weighted by Crippen LogP contribution is -2.45. The van der Waals surface area contributed by atoms with Crippen molar-refractivity contribution in [2.75, 3.05) is 6.61 Å². The Labute approximate surface area is 183 Å². The highest BCUT2D eigenvalue weighted by atomic mass is 19.4. The average molecular weight is 466 g/mol. The summed E-state index contributed by atoms with van der Waals surface area (Å²) in [5.74, 6) is -2.22. The zero-order valence-electron chi connectivity index (χ0n) is 17.9. The fourth-order valence-corrected chi connectivity index (χ4v) is 4.63. The number of carbonyl (C=O) groups excluding carboxylic acids is 1. The fraction of sp³-hybridized carbons (Fsp3) is 0.696. The van der Waals surface area contributed by atoms with Crippen LogP contribution in [0.15, 0.2) is 12.1 Å². The van der Waals surface area contributed by atoms with Crippen molar-refractivity contribution in [3.05, 3.63) is 34.6 Å². The van der Waals surface area contributed by atoms with Crippen molar-refractivity contribution in [1.29, 1.82) is 0 Å². The molecule has 0 N–H and O–H groups in total. The number of hydrogen-bond donors (Lipinski definition) is 0. The first-order valence-corrected chi connectivity index (χ1v) is 11.1. The van der Waals surface area contributed by atoms with E-state index in [4.69, 9.17) is 9.47 Å². The summed E-state index contributed by atoms with van der Waals surface area (Å²) in [6.07, 6.45) is -7.70. The summed E-state index contributed by atoms with van der Waals surface area (Å²) in [5.41, 5.74) is -1.55. The van der Waals surface area contributed by atoms with Gasteiger partial charge in [0.05, 0.1) is 18.3 Å². The number of rotatable bonds is 7. The smallest absolute Gasteiger partial charge is 0.368 e. The minimum Gasteiger partial charge on any atom is -0.368 e. The molecule has 2 aliphatic rings. The lowest BCUT2D eigenvalue weighted by molar-refractivity contribution is -0.324. The largest absolute Gasteiger partial charge is 0.419 e. The summed E-state index contributed by atoms with van der Waals surface area (Å²) in [7, 11) is 0. The van der Waals surface area contributed by atoms with E-state index in [-0.39, 0.29) is 42.9 Å². The molecule has 180 valence electrons. The van der Waals surface area contributed by atoms with Crippen LogP contribution in [0.5, 0.6) is 0 Å². The van der Waals surface area contributed by atoms with Crippen LogP contribution in [-0.2, 0) is 26.9 Å². The average Bonchev–Trinajstić information content (AvgIpc) is 2.73. The van der Waals surface area contributed by atoms with E-state index in [1.807, 2.05) is 0 Å². The van der Waals surface area contributed by atoms with E-state index in [0.717, 1.165) is 6.29 Å². The molecule has 1 saturated carbocycles. The van der Waals surface area contributed by atoms with Gasteiger partial charge in [0.25, 0.3) is 0 Å². The Balaban J connectivity index is 1.66. The van der Waals surface area contributed by atoms with E-state index in [1.165, 1.54) is 12.1 Å². The van der Waals surface area contributed by atoms with Crippen LogP contribution in [0, 0.1) is 11.7 Å². The summed E-state index contributed by atoms with van der Waals surface area (Å²) in [4.78, 5) is 10.8. The molecule has 0 radical (unpaired) electrons. The molecular formula is C23H28F6O3. The normalized spacial score (nSPS) is 27.3. The second kappa shape index (κ2) is 10.1. The zero-order chi connectivity index (χ0) is 23.5. The van der Waals surface area contributed by atoms with Gasteiger partial charge in [-0.1, -0.05) is 25.5 Å². The Morgan fingerprint density at radius 2 is 1.75 bits per heavy atom. The molecule has 3 rings (SSSR count). The van der Waals surface area contributed by atoms with Crippen molar-refractivity contribution in [1.82, 2.24) is 0 Å². The van der Waals surface area contributed by atoms with Gasteiger partial charge in [-0.2, -0.15) is 22.0 Å². The highest BCUT2D eigenvalue weighted by Gasteiger charge is 2.47. The van der Waals surface area contributed by atoms with Crippen molar-refractivity contribution >= 4 is 6.29 Å². The molecule has 1 aliphatic heterocycles. The van der Waals surface area contributed by atoms with Gasteiger partial charge in [0.2, 0.25) is 0 Å². The van der Waals surface area contributed by atoms with Gasteiger partial charge < -0.3 is 14.3 Å². The molecule has 0 amide bonds.